The summed E-state index contributed by atoms with van der Waals surface area (Å²) in [7, 11) is 1.30. The Balaban J connectivity index is 2.81. The molecular formula is C13H16FNO4. The number of ether oxygens (including phenoxy) is 1. The van der Waals surface area contributed by atoms with Gasteiger partial charge in [0.25, 0.3) is 5.91 Å². The number of benzene rings is 1. The summed E-state index contributed by atoms with van der Waals surface area (Å²) in [5.41, 5.74) is 0.211. The maximum absolute atomic E-state index is 13.2. The minimum absolute atomic E-state index is 0.0356. The normalized spacial score (nSPS) is 13.5. The van der Waals surface area contributed by atoms with Gasteiger partial charge in [-0.05, 0) is 32.0 Å². The number of hydrogen-bond donors (Lipinski definition) is 2. The van der Waals surface area contributed by atoms with E-state index >= 15 is 0 Å². The maximum atomic E-state index is 13.2. The lowest BCUT2D eigenvalue weighted by molar-refractivity contribution is -0.141. The van der Waals surface area contributed by atoms with E-state index in [-0.39, 0.29) is 11.3 Å². The van der Waals surface area contributed by atoms with Crippen LogP contribution in [0, 0.1) is 11.7 Å². The number of methoxy groups -OCH3 is 1. The molecule has 1 aromatic rings. The minimum atomic E-state index is -0.996. The number of halogens is 1. The van der Waals surface area contributed by atoms with Crippen molar-refractivity contribution in [3.8, 4) is 5.75 Å². The summed E-state index contributed by atoms with van der Waals surface area (Å²) in [6.45, 7) is 3.09. The molecule has 0 saturated carbocycles. The molecule has 19 heavy (non-hydrogen) atoms. The zero-order valence-electron chi connectivity index (χ0n) is 10.9. The molecule has 0 aromatic heterocycles. The van der Waals surface area contributed by atoms with E-state index in [1.807, 2.05) is 0 Å². The number of hydrogen-bond acceptors (Lipinski definition) is 3. The van der Waals surface area contributed by atoms with Crippen molar-refractivity contribution in [2.24, 2.45) is 5.92 Å². The summed E-state index contributed by atoms with van der Waals surface area (Å²) >= 11 is 0. The Labute approximate surface area is 110 Å². The van der Waals surface area contributed by atoms with Crippen molar-refractivity contribution in [1.82, 2.24) is 5.32 Å². The van der Waals surface area contributed by atoms with Gasteiger partial charge in [-0.3, -0.25) is 9.59 Å². The van der Waals surface area contributed by atoms with Gasteiger partial charge in [0.05, 0.1) is 13.0 Å². The summed E-state index contributed by atoms with van der Waals surface area (Å²) in [6.07, 6.45) is 0. The fourth-order valence-electron chi connectivity index (χ4n) is 1.43. The zero-order chi connectivity index (χ0) is 14.6. The molecule has 0 fully saturated rings. The number of carboxylic acid groups (broad SMARTS) is 1. The van der Waals surface area contributed by atoms with Crippen molar-refractivity contribution in [2.75, 3.05) is 7.11 Å². The SMILES string of the molecule is COc1cc(C(=O)NC(C)C(C)C(=O)O)ccc1F. The summed E-state index contributed by atoms with van der Waals surface area (Å²) in [4.78, 5) is 22.7. The van der Waals surface area contributed by atoms with E-state index in [1.54, 1.807) is 6.92 Å². The maximum Gasteiger partial charge on any atom is 0.308 e. The number of carbonyl (C=O) groups is 2. The predicted molar refractivity (Wildman–Crippen MR) is 66.7 cm³/mol. The van der Waals surface area contributed by atoms with Crippen LogP contribution in [-0.2, 0) is 4.79 Å². The molecule has 6 heteroatoms. The second-order valence-electron chi connectivity index (χ2n) is 4.24. The molecule has 0 saturated heterocycles. The van der Waals surface area contributed by atoms with Crippen molar-refractivity contribution < 1.29 is 23.8 Å². The molecule has 5 nitrogen and oxygen atoms in total. The Morgan fingerprint density at radius 1 is 1.37 bits per heavy atom. The van der Waals surface area contributed by atoms with Crippen molar-refractivity contribution >= 4 is 11.9 Å². The molecule has 104 valence electrons. The van der Waals surface area contributed by atoms with Crippen LogP contribution < -0.4 is 10.1 Å². The molecule has 0 radical (unpaired) electrons. The number of carbonyl (C=O) groups excluding carboxylic acids is 1. The van der Waals surface area contributed by atoms with Gasteiger partial charge in [-0.15, -0.1) is 0 Å². The summed E-state index contributed by atoms with van der Waals surface area (Å²) in [6, 6.07) is 3.16. The Hall–Kier alpha value is -2.11. The third-order valence-electron chi connectivity index (χ3n) is 2.91. The first kappa shape index (κ1) is 14.9. The number of carboxylic acids is 1. The zero-order valence-corrected chi connectivity index (χ0v) is 10.9. The van der Waals surface area contributed by atoms with Crippen molar-refractivity contribution in [3.63, 3.8) is 0 Å². The lowest BCUT2D eigenvalue weighted by Gasteiger charge is -2.18. The highest BCUT2D eigenvalue weighted by Crippen LogP contribution is 2.18. The highest BCUT2D eigenvalue weighted by Gasteiger charge is 2.21. The lowest BCUT2D eigenvalue weighted by Crippen LogP contribution is -2.40. The first-order valence-corrected chi connectivity index (χ1v) is 5.74. The van der Waals surface area contributed by atoms with E-state index in [9.17, 15) is 14.0 Å². The summed E-state index contributed by atoms with van der Waals surface area (Å²) in [5.74, 6) is -2.78. The van der Waals surface area contributed by atoms with E-state index in [2.05, 4.69) is 5.32 Å². The van der Waals surface area contributed by atoms with Crippen LogP contribution in [0.4, 0.5) is 4.39 Å². The highest BCUT2D eigenvalue weighted by atomic mass is 19.1. The minimum Gasteiger partial charge on any atom is -0.494 e. The molecule has 0 aliphatic heterocycles. The van der Waals surface area contributed by atoms with Gasteiger partial charge in [0.2, 0.25) is 0 Å². The van der Waals surface area contributed by atoms with Crippen LogP contribution in [0.3, 0.4) is 0 Å². The van der Waals surface area contributed by atoms with E-state index < -0.39 is 29.7 Å². The second kappa shape index (κ2) is 6.17. The Morgan fingerprint density at radius 2 is 2.00 bits per heavy atom. The van der Waals surface area contributed by atoms with E-state index in [0.717, 1.165) is 6.07 Å². The van der Waals surface area contributed by atoms with Gasteiger partial charge < -0.3 is 15.2 Å². The van der Waals surface area contributed by atoms with Crippen LogP contribution in [0.1, 0.15) is 24.2 Å². The third kappa shape index (κ3) is 3.67. The third-order valence-corrected chi connectivity index (χ3v) is 2.91. The average Bonchev–Trinajstić information content (AvgIpc) is 2.37. The van der Waals surface area contributed by atoms with Crippen molar-refractivity contribution in [2.45, 2.75) is 19.9 Å². The largest absolute Gasteiger partial charge is 0.494 e. The molecule has 2 N–H and O–H groups in total. The molecule has 1 amide bonds. The van der Waals surface area contributed by atoms with E-state index in [1.165, 1.54) is 26.2 Å². The molecule has 1 rings (SSSR count). The molecule has 0 aliphatic carbocycles. The van der Waals surface area contributed by atoms with Crippen LogP contribution in [0.2, 0.25) is 0 Å². The van der Waals surface area contributed by atoms with Gasteiger partial charge in [0.1, 0.15) is 0 Å². The van der Waals surface area contributed by atoms with Crippen LogP contribution in [0.25, 0.3) is 0 Å². The molecule has 0 spiro atoms. The summed E-state index contributed by atoms with van der Waals surface area (Å²) < 4.78 is 18.0. The molecule has 0 bridgehead atoms. The Morgan fingerprint density at radius 3 is 2.53 bits per heavy atom. The summed E-state index contributed by atoms with van der Waals surface area (Å²) in [5, 5.41) is 11.4. The van der Waals surface area contributed by atoms with E-state index in [4.69, 9.17) is 9.84 Å². The number of nitrogens with one attached hydrogen (secondary N) is 1. The van der Waals surface area contributed by atoms with E-state index in [0.29, 0.717) is 0 Å². The molecule has 2 unspecified atom stereocenters. The quantitative estimate of drug-likeness (QED) is 0.852. The van der Waals surface area contributed by atoms with Crippen molar-refractivity contribution in [3.05, 3.63) is 29.6 Å². The van der Waals surface area contributed by atoms with Gasteiger partial charge in [0, 0.05) is 11.6 Å². The van der Waals surface area contributed by atoms with Gasteiger partial charge >= 0.3 is 5.97 Å². The van der Waals surface area contributed by atoms with Crippen LogP contribution >= 0.6 is 0 Å². The standard InChI is InChI=1S/C13H16FNO4/c1-7(13(17)18)8(2)15-12(16)9-4-5-10(14)11(6-9)19-3/h4-8H,1-3H3,(H,15,16)(H,17,18). The van der Waals surface area contributed by atoms with Gasteiger partial charge in [-0.25, -0.2) is 4.39 Å². The first-order chi connectivity index (χ1) is 8.86. The Kier molecular flexibility index (Phi) is 4.86. The van der Waals surface area contributed by atoms with Crippen molar-refractivity contribution in [1.29, 1.82) is 0 Å². The highest BCUT2D eigenvalue weighted by molar-refractivity contribution is 5.95. The topological polar surface area (TPSA) is 75.6 Å². The molecular weight excluding hydrogens is 253 g/mol. The predicted octanol–water partition coefficient (Wildman–Crippen LogP) is 1.67. The Bertz CT molecular complexity index is 490. The smallest absolute Gasteiger partial charge is 0.308 e. The molecule has 0 heterocycles. The lowest BCUT2D eigenvalue weighted by atomic mass is 10.0. The molecule has 0 aliphatic rings. The van der Waals surface area contributed by atoms with Crippen LogP contribution in [0.5, 0.6) is 5.75 Å². The number of aliphatic carboxylic acids is 1. The second-order valence-corrected chi connectivity index (χ2v) is 4.24. The van der Waals surface area contributed by atoms with Crippen LogP contribution in [0.15, 0.2) is 18.2 Å². The fourth-order valence-corrected chi connectivity index (χ4v) is 1.43. The number of rotatable bonds is 5. The van der Waals surface area contributed by atoms with Gasteiger partial charge in [-0.1, -0.05) is 0 Å². The average molecular weight is 269 g/mol. The molecule has 2 atom stereocenters. The van der Waals surface area contributed by atoms with Gasteiger partial charge in [-0.2, -0.15) is 0 Å². The van der Waals surface area contributed by atoms with Crippen LogP contribution in [-0.4, -0.2) is 30.1 Å². The fraction of sp³-hybridized carbons (Fsp3) is 0.385. The van der Waals surface area contributed by atoms with Gasteiger partial charge in [0.15, 0.2) is 11.6 Å². The molecule has 1 aromatic carbocycles. The monoisotopic (exact) mass is 269 g/mol. The first-order valence-electron chi connectivity index (χ1n) is 5.74. The number of amides is 1.